The van der Waals surface area contributed by atoms with Crippen LogP contribution in [0.3, 0.4) is 0 Å². The largest absolute Gasteiger partial charge is 0.311 e. The molecule has 4 heteroatoms. The maximum Gasteiger partial charge on any atom is 0.121 e. The number of rotatable bonds is 5. The lowest BCUT2D eigenvalue weighted by Gasteiger charge is -2.16. The molecule has 1 fully saturated rings. The number of nitrogens with one attached hydrogen (secondary N) is 1. The van der Waals surface area contributed by atoms with Gasteiger partial charge in [0.05, 0.1) is 5.69 Å². The first-order valence-electron chi connectivity index (χ1n) is 6.67. The van der Waals surface area contributed by atoms with E-state index >= 15 is 0 Å². The topological polar surface area (TPSA) is 29.9 Å². The van der Waals surface area contributed by atoms with Gasteiger partial charge in [0.1, 0.15) is 6.17 Å². The highest BCUT2D eigenvalue weighted by Crippen LogP contribution is 2.17. The summed E-state index contributed by atoms with van der Waals surface area (Å²) in [6.07, 6.45) is 2.67. The summed E-state index contributed by atoms with van der Waals surface area (Å²) >= 11 is 0. The molecule has 1 N–H and O–H groups in total. The molecule has 1 saturated heterocycles. The van der Waals surface area contributed by atoms with Crippen LogP contribution in [0.25, 0.3) is 0 Å². The summed E-state index contributed by atoms with van der Waals surface area (Å²) in [7, 11) is 0. The fraction of sp³-hybridized carbons (Fsp3) is 0.769. The summed E-state index contributed by atoms with van der Waals surface area (Å²) in [5.41, 5.74) is 2.10. The summed E-state index contributed by atoms with van der Waals surface area (Å²) in [6.45, 7) is 5.91. The number of aromatic nitrogens is 2. The lowest BCUT2D eigenvalue weighted by molar-refractivity contribution is 0.259. The van der Waals surface area contributed by atoms with E-state index in [-0.39, 0.29) is 6.04 Å². The van der Waals surface area contributed by atoms with Gasteiger partial charge in [0.25, 0.3) is 0 Å². The average Bonchev–Trinajstić information content (AvgIpc) is 2.97. The van der Waals surface area contributed by atoms with Crippen LogP contribution in [0.1, 0.15) is 38.1 Å². The molecule has 17 heavy (non-hydrogen) atoms. The van der Waals surface area contributed by atoms with E-state index in [4.69, 9.17) is 0 Å². The number of halogens is 1. The van der Waals surface area contributed by atoms with E-state index in [1.54, 1.807) is 0 Å². The smallest absolute Gasteiger partial charge is 0.121 e. The fourth-order valence-corrected chi connectivity index (χ4v) is 2.49. The Hall–Kier alpha value is -0.900. The predicted octanol–water partition coefficient (Wildman–Crippen LogP) is 2.10. The van der Waals surface area contributed by atoms with Crippen LogP contribution in [-0.4, -0.2) is 28.5 Å². The number of nitrogens with zero attached hydrogens (tertiary/aromatic N) is 2. The number of hydrogen-bond donors (Lipinski definition) is 1. The molecule has 0 radical (unpaired) electrons. The van der Waals surface area contributed by atoms with Gasteiger partial charge >= 0.3 is 0 Å². The van der Waals surface area contributed by atoms with E-state index in [2.05, 4.69) is 24.3 Å². The maximum absolute atomic E-state index is 14.1. The van der Waals surface area contributed by atoms with E-state index in [0.29, 0.717) is 6.42 Å². The summed E-state index contributed by atoms with van der Waals surface area (Å²) in [6, 6.07) is 2.09. The third-order valence-corrected chi connectivity index (χ3v) is 3.51. The molecule has 0 amide bonds. The second kappa shape index (κ2) is 5.63. The number of hydrogen-bond acceptors (Lipinski definition) is 2. The Morgan fingerprint density at radius 3 is 3.00 bits per heavy atom. The zero-order valence-corrected chi connectivity index (χ0v) is 10.7. The first-order chi connectivity index (χ1) is 8.24. The van der Waals surface area contributed by atoms with Gasteiger partial charge < -0.3 is 5.32 Å². The van der Waals surface area contributed by atoms with Crippen molar-refractivity contribution in [2.24, 2.45) is 0 Å². The van der Waals surface area contributed by atoms with Crippen molar-refractivity contribution in [2.75, 3.05) is 6.54 Å². The molecular weight excluding hydrogens is 217 g/mol. The number of alkyl halides is 1. The first-order valence-corrected chi connectivity index (χ1v) is 6.67. The molecule has 2 unspecified atom stereocenters. The highest BCUT2D eigenvalue weighted by atomic mass is 19.1. The molecule has 96 valence electrons. The molecule has 0 saturated carbocycles. The highest BCUT2D eigenvalue weighted by Gasteiger charge is 2.25. The van der Waals surface area contributed by atoms with Crippen molar-refractivity contribution in [2.45, 2.75) is 58.3 Å². The molecule has 0 aliphatic carbocycles. The minimum atomic E-state index is -0.788. The van der Waals surface area contributed by atoms with Crippen molar-refractivity contribution in [1.29, 1.82) is 0 Å². The molecule has 1 aliphatic heterocycles. The van der Waals surface area contributed by atoms with Gasteiger partial charge in [-0.2, -0.15) is 5.10 Å². The van der Waals surface area contributed by atoms with Crippen LogP contribution < -0.4 is 5.32 Å². The Bertz CT molecular complexity index is 356. The van der Waals surface area contributed by atoms with Crippen molar-refractivity contribution in [3.05, 3.63) is 17.5 Å². The van der Waals surface area contributed by atoms with Crippen molar-refractivity contribution in [3.8, 4) is 0 Å². The van der Waals surface area contributed by atoms with Crippen LogP contribution in [0.4, 0.5) is 4.39 Å². The second-order valence-corrected chi connectivity index (χ2v) is 4.72. The van der Waals surface area contributed by atoms with Crippen molar-refractivity contribution >= 4 is 0 Å². The van der Waals surface area contributed by atoms with Gasteiger partial charge in [-0.05, 0) is 38.8 Å². The van der Waals surface area contributed by atoms with Crippen LogP contribution in [0.15, 0.2) is 6.07 Å². The quantitative estimate of drug-likeness (QED) is 0.852. The maximum atomic E-state index is 14.1. The molecule has 0 spiro atoms. The van der Waals surface area contributed by atoms with Crippen LogP contribution in [0.2, 0.25) is 0 Å². The van der Waals surface area contributed by atoms with Crippen LogP contribution in [-0.2, 0) is 19.4 Å². The molecule has 0 bridgehead atoms. The molecule has 2 rings (SSSR count). The predicted molar refractivity (Wildman–Crippen MR) is 66.9 cm³/mol. The van der Waals surface area contributed by atoms with Crippen molar-refractivity contribution in [3.63, 3.8) is 0 Å². The van der Waals surface area contributed by atoms with Gasteiger partial charge in [0.15, 0.2) is 0 Å². The minimum Gasteiger partial charge on any atom is -0.311 e. The molecule has 1 aliphatic rings. The molecule has 1 aromatic rings. The highest BCUT2D eigenvalue weighted by molar-refractivity contribution is 5.12. The number of aryl methyl sites for hydroxylation is 2. The van der Waals surface area contributed by atoms with Crippen molar-refractivity contribution < 1.29 is 4.39 Å². The van der Waals surface area contributed by atoms with E-state index in [9.17, 15) is 4.39 Å². The zero-order chi connectivity index (χ0) is 12.3. The van der Waals surface area contributed by atoms with E-state index < -0.39 is 6.17 Å². The lowest BCUT2D eigenvalue weighted by Crippen LogP contribution is -2.33. The van der Waals surface area contributed by atoms with E-state index in [1.807, 2.05) is 10.7 Å². The lowest BCUT2D eigenvalue weighted by atomic mass is 10.1. The molecule has 3 nitrogen and oxygen atoms in total. The van der Waals surface area contributed by atoms with Gasteiger partial charge in [-0.1, -0.05) is 6.92 Å². The molecule has 0 aromatic carbocycles. The molecule has 1 aromatic heterocycles. The van der Waals surface area contributed by atoms with Crippen LogP contribution >= 0.6 is 0 Å². The summed E-state index contributed by atoms with van der Waals surface area (Å²) in [5, 5.41) is 7.69. The van der Waals surface area contributed by atoms with Gasteiger partial charge in [-0.15, -0.1) is 0 Å². The van der Waals surface area contributed by atoms with Gasteiger partial charge in [0.2, 0.25) is 0 Å². The molecule has 2 heterocycles. The summed E-state index contributed by atoms with van der Waals surface area (Å²) in [5.74, 6) is 0. The average molecular weight is 239 g/mol. The third kappa shape index (κ3) is 2.86. The monoisotopic (exact) mass is 239 g/mol. The van der Waals surface area contributed by atoms with Crippen LogP contribution in [0, 0.1) is 0 Å². The Balaban J connectivity index is 2.03. The summed E-state index contributed by atoms with van der Waals surface area (Å²) in [4.78, 5) is 0. The van der Waals surface area contributed by atoms with E-state index in [1.165, 1.54) is 0 Å². The standard InChI is InChI=1S/C13H22FN3/c1-3-10-8-11(17(4-2)16-10)9-12(14)13-6-5-7-15-13/h8,12-13,15H,3-7,9H2,1-2H3. The van der Waals surface area contributed by atoms with Crippen LogP contribution in [0.5, 0.6) is 0 Å². The fourth-order valence-electron chi connectivity index (χ4n) is 2.49. The molecular formula is C13H22FN3. The van der Waals surface area contributed by atoms with E-state index in [0.717, 1.165) is 43.7 Å². The van der Waals surface area contributed by atoms with Gasteiger partial charge in [0, 0.05) is 24.7 Å². The Morgan fingerprint density at radius 1 is 1.59 bits per heavy atom. The second-order valence-electron chi connectivity index (χ2n) is 4.72. The Kier molecular flexibility index (Phi) is 4.15. The van der Waals surface area contributed by atoms with Gasteiger partial charge in [-0.25, -0.2) is 4.39 Å². The normalized spacial score (nSPS) is 21.9. The van der Waals surface area contributed by atoms with Gasteiger partial charge in [-0.3, -0.25) is 4.68 Å². The minimum absolute atomic E-state index is 0.0419. The third-order valence-electron chi connectivity index (χ3n) is 3.51. The molecule has 2 atom stereocenters. The Labute approximate surface area is 102 Å². The summed E-state index contributed by atoms with van der Waals surface area (Å²) < 4.78 is 16.1. The SMILES string of the molecule is CCc1cc(CC(F)C2CCCN2)n(CC)n1. The first kappa shape index (κ1) is 12.6. The zero-order valence-electron chi connectivity index (χ0n) is 10.7. The van der Waals surface area contributed by atoms with Crippen molar-refractivity contribution in [1.82, 2.24) is 15.1 Å². The Morgan fingerprint density at radius 2 is 2.41 bits per heavy atom.